The van der Waals surface area contributed by atoms with Crippen molar-refractivity contribution >= 4 is 11.5 Å². The lowest BCUT2D eigenvalue weighted by Gasteiger charge is -2.15. The highest BCUT2D eigenvalue weighted by Gasteiger charge is 2.36. The van der Waals surface area contributed by atoms with E-state index in [2.05, 4.69) is 0 Å². The van der Waals surface area contributed by atoms with E-state index in [0.717, 1.165) is 0 Å². The maximum atomic E-state index is 12.7. The van der Waals surface area contributed by atoms with Gasteiger partial charge in [0, 0.05) is 0 Å². The van der Waals surface area contributed by atoms with Crippen LogP contribution in [0.2, 0.25) is 0 Å². The van der Waals surface area contributed by atoms with Crippen molar-refractivity contribution in [3.63, 3.8) is 0 Å². The minimum atomic E-state index is -4.70. The third-order valence-electron chi connectivity index (χ3n) is 2.15. The van der Waals surface area contributed by atoms with Crippen LogP contribution in [-0.2, 0) is 4.74 Å². The Morgan fingerprint density at radius 1 is 1.28 bits per heavy atom. The third-order valence-corrected chi connectivity index (χ3v) is 2.15. The Morgan fingerprint density at radius 3 is 2.28 bits per heavy atom. The first-order valence-electron chi connectivity index (χ1n) is 5.22. The quantitative estimate of drug-likeness (QED) is 0.647. The normalized spacial score (nSPS) is 12.9. The van der Waals surface area contributed by atoms with Gasteiger partial charge in [-0.05, 0) is 12.5 Å². The first kappa shape index (κ1) is 14.1. The fourth-order valence-corrected chi connectivity index (χ4v) is 1.37. The minimum absolute atomic E-state index is 0.0975. The van der Waals surface area contributed by atoms with Crippen LogP contribution in [-0.4, -0.2) is 18.7 Å². The summed E-state index contributed by atoms with van der Waals surface area (Å²) < 4.78 is 42.8. The zero-order valence-electron chi connectivity index (χ0n) is 9.71. The Morgan fingerprint density at radius 2 is 1.83 bits per heavy atom. The van der Waals surface area contributed by atoms with Gasteiger partial charge in [0.15, 0.2) is 0 Å². The number of allylic oxidation sites excluding steroid dienone is 1. The van der Waals surface area contributed by atoms with Gasteiger partial charge in [0.05, 0.1) is 12.2 Å². The van der Waals surface area contributed by atoms with Crippen LogP contribution in [0, 0.1) is 5.41 Å². The van der Waals surface area contributed by atoms with E-state index in [0.29, 0.717) is 0 Å². The van der Waals surface area contributed by atoms with Crippen molar-refractivity contribution in [1.82, 2.24) is 0 Å². The highest BCUT2D eigenvalue weighted by Crippen LogP contribution is 2.29. The van der Waals surface area contributed by atoms with Gasteiger partial charge >= 0.3 is 6.18 Å². The first-order chi connectivity index (χ1) is 8.38. The van der Waals surface area contributed by atoms with E-state index in [1.54, 1.807) is 25.1 Å². The second-order valence-electron chi connectivity index (χ2n) is 3.41. The summed E-state index contributed by atoms with van der Waals surface area (Å²) in [5.74, 6) is -0.585. The van der Waals surface area contributed by atoms with E-state index in [-0.39, 0.29) is 12.2 Å². The Labute approximate surface area is 103 Å². The molecule has 0 aromatic heterocycles. The molecule has 1 aromatic carbocycles. The van der Waals surface area contributed by atoms with Crippen LogP contribution in [0.5, 0.6) is 0 Å². The summed E-state index contributed by atoms with van der Waals surface area (Å²) in [5.41, 5.74) is 3.53. The van der Waals surface area contributed by atoms with Crippen molar-refractivity contribution in [2.75, 3.05) is 6.61 Å². The molecule has 1 aromatic rings. The molecule has 0 unspecified atom stereocenters. The van der Waals surface area contributed by atoms with Crippen molar-refractivity contribution in [3.8, 4) is 0 Å². The number of halogens is 3. The maximum absolute atomic E-state index is 12.7. The van der Waals surface area contributed by atoms with E-state index in [1.807, 2.05) is 0 Å². The molecule has 3 nitrogen and oxygen atoms in total. The van der Waals surface area contributed by atoms with E-state index in [1.165, 1.54) is 12.1 Å². The number of ether oxygens (including phenoxy) is 1. The van der Waals surface area contributed by atoms with Crippen LogP contribution in [0.1, 0.15) is 12.5 Å². The number of nitrogens with two attached hydrogens (primary N) is 1. The summed E-state index contributed by atoms with van der Waals surface area (Å²) in [6.07, 6.45) is -4.70. The topological polar surface area (TPSA) is 59.1 Å². The van der Waals surface area contributed by atoms with Gasteiger partial charge < -0.3 is 10.5 Å². The number of nitrogens with one attached hydrogen (secondary N) is 1. The number of alkyl halides is 3. The molecule has 0 saturated carbocycles. The van der Waals surface area contributed by atoms with Crippen molar-refractivity contribution < 1.29 is 17.9 Å². The van der Waals surface area contributed by atoms with Crippen LogP contribution in [0.4, 0.5) is 13.2 Å². The average Bonchev–Trinajstić information content (AvgIpc) is 2.29. The van der Waals surface area contributed by atoms with Gasteiger partial charge in [-0.15, -0.1) is 0 Å². The molecule has 1 rings (SSSR count). The minimum Gasteiger partial charge on any atom is -0.478 e. The lowest BCUT2D eigenvalue weighted by molar-refractivity contribution is -0.0919. The number of rotatable bonds is 3. The largest absolute Gasteiger partial charge is 0.478 e. The van der Waals surface area contributed by atoms with Crippen molar-refractivity contribution in [2.45, 2.75) is 13.1 Å². The second-order valence-corrected chi connectivity index (χ2v) is 3.41. The molecule has 0 heterocycles. The summed E-state index contributed by atoms with van der Waals surface area (Å²) >= 11 is 0. The van der Waals surface area contributed by atoms with E-state index in [4.69, 9.17) is 15.9 Å². The molecular formula is C12H13F3N2O. The molecule has 6 heteroatoms. The Bertz CT molecular complexity index is 452. The SMILES string of the molecule is CCOC(=N)/C(=C(\N)C(F)(F)F)c1ccccc1. The molecule has 0 aliphatic carbocycles. The summed E-state index contributed by atoms with van der Waals surface area (Å²) in [6.45, 7) is 1.68. The van der Waals surface area contributed by atoms with E-state index >= 15 is 0 Å². The van der Waals surface area contributed by atoms with Gasteiger partial charge in [0.2, 0.25) is 5.90 Å². The summed E-state index contributed by atoms with van der Waals surface area (Å²) in [6, 6.07) is 7.69. The van der Waals surface area contributed by atoms with Gasteiger partial charge in [-0.25, -0.2) is 0 Å². The Hall–Kier alpha value is -1.98. The first-order valence-corrected chi connectivity index (χ1v) is 5.22. The van der Waals surface area contributed by atoms with Crippen LogP contribution < -0.4 is 5.73 Å². The average molecular weight is 258 g/mol. The molecule has 0 radical (unpaired) electrons. The number of benzene rings is 1. The highest BCUT2D eigenvalue weighted by molar-refractivity contribution is 6.19. The van der Waals surface area contributed by atoms with Crippen LogP contribution >= 0.6 is 0 Å². The molecule has 0 aliphatic heterocycles. The van der Waals surface area contributed by atoms with Crippen molar-refractivity contribution in [3.05, 3.63) is 41.6 Å². The van der Waals surface area contributed by atoms with E-state index in [9.17, 15) is 13.2 Å². The number of hydrogen-bond acceptors (Lipinski definition) is 3. The predicted octanol–water partition coefficient (Wildman–Crippen LogP) is 2.93. The molecule has 98 valence electrons. The summed E-state index contributed by atoms with van der Waals surface area (Å²) in [5, 5.41) is 7.53. The molecule has 0 fully saturated rings. The monoisotopic (exact) mass is 258 g/mol. The van der Waals surface area contributed by atoms with Crippen LogP contribution in [0.15, 0.2) is 36.0 Å². The molecule has 0 amide bonds. The highest BCUT2D eigenvalue weighted by atomic mass is 19.4. The molecule has 0 aliphatic rings. The second kappa shape index (κ2) is 5.57. The molecule has 18 heavy (non-hydrogen) atoms. The zero-order chi connectivity index (χ0) is 13.8. The van der Waals surface area contributed by atoms with Crippen LogP contribution in [0.25, 0.3) is 5.57 Å². The molecule has 0 saturated heterocycles. The molecule has 3 N–H and O–H groups in total. The Kier molecular flexibility index (Phi) is 4.36. The smallest absolute Gasteiger partial charge is 0.431 e. The van der Waals surface area contributed by atoms with Gasteiger partial charge in [-0.1, -0.05) is 30.3 Å². The molecule has 0 bridgehead atoms. The predicted molar refractivity (Wildman–Crippen MR) is 63.0 cm³/mol. The van der Waals surface area contributed by atoms with Gasteiger partial charge in [0.25, 0.3) is 0 Å². The fraction of sp³-hybridized carbons (Fsp3) is 0.250. The third kappa shape index (κ3) is 3.26. The summed E-state index contributed by atoms with van der Waals surface area (Å²) in [7, 11) is 0. The zero-order valence-corrected chi connectivity index (χ0v) is 9.71. The van der Waals surface area contributed by atoms with Gasteiger partial charge in [-0.2, -0.15) is 13.2 Å². The van der Waals surface area contributed by atoms with Crippen molar-refractivity contribution in [1.29, 1.82) is 5.41 Å². The molecular weight excluding hydrogens is 245 g/mol. The fourth-order valence-electron chi connectivity index (χ4n) is 1.37. The Balaban J connectivity index is 3.33. The van der Waals surface area contributed by atoms with Gasteiger partial charge in [-0.3, -0.25) is 5.41 Å². The van der Waals surface area contributed by atoms with Crippen molar-refractivity contribution in [2.24, 2.45) is 5.73 Å². The van der Waals surface area contributed by atoms with Crippen LogP contribution in [0.3, 0.4) is 0 Å². The lowest BCUT2D eigenvalue weighted by Crippen LogP contribution is -2.24. The lowest BCUT2D eigenvalue weighted by atomic mass is 10.0. The van der Waals surface area contributed by atoms with Gasteiger partial charge in [0.1, 0.15) is 5.70 Å². The maximum Gasteiger partial charge on any atom is 0.431 e. The molecule has 0 spiro atoms. The summed E-state index contributed by atoms with van der Waals surface area (Å²) in [4.78, 5) is 0. The molecule has 0 atom stereocenters. The number of hydrogen-bond donors (Lipinski definition) is 2. The standard InChI is InChI=1S/C12H13F3N2O/c1-2-18-11(17)9(10(16)12(13,14)15)8-6-4-3-5-7-8/h3-7,17H,2,16H2,1H3/b10-9-,17-11?. The van der Waals surface area contributed by atoms with E-state index < -0.39 is 23.3 Å².